The summed E-state index contributed by atoms with van der Waals surface area (Å²) in [4.78, 5) is 34.4. The molecule has 0 saturated carbocycles. The molecule has 2 unspecified atom stereocenters. The van der Waals surface area contributed by atoms with Crippen molar-refractivity contribution in [3.8, 4) is 0 Å². The molecule has 1 heterocycles. The molecule has 0 bridgehead atoms. The number of nitrogens with one attached hydrogen (secondary N) is 2. The van der Waals surface area contributed by atoms with Crippen molar-refractivity contribution in [2.45, 2.75) is 74.0 Å². The molecular formula is C20H36N4O4. The van der Waals surface area contributed by atoms with E-state index in [1.54, 1.807) is 27.0 Å². The monoisotopic (exact) mass is 396 g/mol. The van der Waals surface area contributed by atoms with Crippen molar-refractivity contribution in [1.29, 1.82) is 0 Å². The highest BCUT2D eigenvalue weighted by molar-refractivity contribution is 5.90. The molecule has 8 nitrogen and oxygen atoms in total. The van der Waals surface area contributed by atoms with E-state index in [1.165, 1.54) is 0 Å². The quantitative estimate of drug-likeness (QED) is 0.583. The Balaban J connectivity index is 0.000000769. The van der Waals surface area contributed by atoms with Gasteiger partial charge in [-0.05, 0) is 40.0 Å². The minimum absolute atomic E-state index is 0.0185. The number of aliphatic hydroxyl groups excluding tert-OH is 1. The molecule has 160 valence electrons. The van der Waals surface area contributed by atoms with E-state index in [1.807, 2.05) is 27.7 Å². The van der Waals surface area contributed by atoms with E-state index in [4.69, 9.17) is 9.84 Å². The number of carbonyl (C=O) groups is 1. The number of aromatic nitrogens is 2. The van der Waals surface area contributed by atoms with E-state index in [9.17, 15) is 9.59 Å². The van der Waals surface area contributed by atoms with Crippen LogP contribution in [0.2, 0.25) is 0 Å². The van der Waals surface area contributed by atoms with E-state index in [0.717, 1.165) is 6.42 Å². The first kappa shape index (κ1) is 25.9. The summed E-state index contributed by atoms with van der Waals surface area (Å²) in [7, 11) is 0. The molecule has 28 heavy (non-hydrogen) atoms. The van der Waals surface area contributed by atoms with E-state index < -0.39 is 0 Å². The maximum atomic E-state index is 12.0. The molecule has 0 aliphatic rings. The minimum Gasteiger partial charge on any atom is -0.394 e. The Hall–Kier alpha value is -2.06. The fourth-order valence-corrected chi connectivity index (χ4v) is 1.87. The maximum absolute atomic E-state index is 12.0. The summed E-state index contributed by atoms with van der Waals surface area (Å²) in [5, 5.41) is 11.0. The van der Waals surface area contributed by atoms with Crippen molar-refractivity contribution in [3.63, 3.8) is 0 Å². The lowest BCUT2D eigenvalue weighted by Gasteiger charge is -2.12. The number of aliphatic hydroxyl groups is 1. The summed E-state index contributed by atoms with van der Waals surface area (Å²) in [6.07, 6.45) is 2.90. The fourth-order valence-electron chi connectivity index (χ4n) is 1.87. The molecule has 1 amide bonds. The van der Waals surface area contributed by atoms with Crippen molar-refractivity contribution >= 4 is 23.8 Å². The number of amides is 1. The highest BCUT2D eigenvalue weighted by Gasteiger charge is 2.11. The number of hydrogen-bond donors (Lipinski definition) is 3. The summed E-state index contributed by atoms with van der Waals surface area (Å²) < 4.78 is 5.15. The zero-order valence-corrected chi connectivity index (χ0v) is 18.4. The number of rotatable bonds is 8. The zero-order valence-electron chi connectivity index (χ0n) is 18.4. The second-order valence-electron chi connectivity index (χ2n) is 7.33. The van der Waals surface area contributed by atoms with Gasteiger partial charge in [-0.25, -0.2) is 4.98 Å². The SMILES string of the molecule is CC(C)OC(C)CO.CCC(C)C=Nc1c(C)nc(NC(=O)C(C)C)[nH]c1=O. The molecule has 1 rings (SSSR count). The molecule has 0 aromatic carbocycles. The molecule has 1 aromatic heterocycles. The van der Waals surface area contributed by atoms with E-state index in [2.05, 4.69) is 27.2 Å². The van der Waals surface area contributed by atoms with Crippen LogP contribution in [0, 0.1) is 18.8 Å². The van der Waals surface area contributed by atoms with Gasteiger partial charge in [0, 0.05) is 12.1 Å². The average molecular weight is 397 g/mol. The highest BCUT2D eigenvalue weighted by atomic mass is 16.5. The van der Waals surface area contributed by atoms with Crippen LogP contribution in [0.5, 0.6) is 0 Å². The molecule has 3 N–H and O–H groups in total. The number of aromatic amines is 1. The van der Waals surface area contributed by atoms with E-state index in [-0.39, 0.29) is 47.8 Å². The van der Waals surface area contributed by atoms with Crippen molar-refractivity contribution in [2.24, 2.45) is 16.8 Å². The Bertz CT molecular complexity index is 683. The van der Waals surface area contributed by atoms with Gasteiger partial charge in [-0.15, -0.1) is 0 Å². The molecule has 0 radical (unpaired) electrons. The average Bonchev–Trinajstić information content (AvgIpc) is 2.60. The zero-order chi connectivity index (χ0) is 21.9. The van der Waals surface area contributed by atoms with Gasteiger partial charge in [0.1, 0.15) is 5.69 Å². The van der Waals surface area contributed by atoms with Gasteiger partial charge in [0.15, 0.2) is 0 Å². The predicted octanol–water partition coefficient (Wildman–Crippen LogP) is 3.21. The third kappa shape index (κ3) is 10.3. The first-order valence-electron chi connectivity index (χ1n) is 9.73. The second kappa shape index (κ2) is 13.2. The Labute approximate surface area is 167 Å². The normalized spacial score (nSPS) is 13.4. The Morgan fingerprint density at radius 3 is 2.29 bits per heavy atom. The topological polar surface area (TPSA) is 117 Å². The summed E-state index contributed by atoms with van der Waals surface area (Å²) in [6.45, 7) is 15.2. The van der Waals surface area contributed by atoms with Crippen LogP contribution in [0.25, 0.3) is 0 Å². The molecule has 0 aliphatic heterocycles. The van der Waals surface area contributed by atoms with Crippen LogP contribution in [0.15, 0.2) is 9.79 Å². The standard InChI is InChI=1S/C14H22N4O2.C6H14O2/c1-6-9(4)7-15-11-10(5)16-14(18-13(11)20)17-12(19)8(2)3;1-5(2)8-6(3)4-7/h7-9H,6H2,1-5H3,(H2,16,17,18,19,20);5-7H,4H2,1-3H3. The number of anilines is 1. The van der Waals surface area contributed by atoms with Gasteiger partial charge >= 0.3 is 0 Å². The van der Waals surface area contributed by atoms with Crippen LogP contribution in [-0.2, 0) is 9.53 Å². The fraction of sp³-hybridized carbons (Fsp3) is 0.700. The lowest BCUT2D eigenvalue weighted by atomic mass is 10.1. The molecule has 0 spiro atoms. The first-order valence-corrected chi connectivity index (χ1v) is 9.73. The van der Waals surface area contributed by atoms with Gasteiger partial charge in [0.2, 0.25) is 11.9 Å². The van der Waals surface area contributed by atoms with Crippen LogP contribution in [0.1, 0.15) is 60.6 Å². The van der Waals surface area contributed by atoms with Gasteiger partial charge < -0.3 is 9.84 Å². The molecule has 2 atom stereocenters. The third-order valence-corrected chi connectivity index (χ3v) is 3.70. The predicted molar refractivity (Wildman–Crippen MR) is 113 cm³/mol. The molecule has 1 aromatic rings. The number of aliphatic imine (C=N–C) groups is 1. The van der Waals surface area contributed by atoms with Gasteiger partial charge in [0.25, 0.3) is 5.56 Å². The van der Waals surface area contributed by atoms with Gasteiger partial charge in [-0.3, -0.25) is 24.9 Å². The Morgan fingerprint density at radius 2 is 1.89 bits per heavy atom. The number of nitrogens with zero attached hydrogens (tertiary/aromatic N) is 2. The third-order valence-electron chi connectivity index (χ3n) is 3.70. The van der Waals surface area contributed by atoms with E-state index in [0.29, 0.717) is 11.6 Å². The van der Waals surface area contributed by atoms with Gasteiger partial charge in [0.05, 0.1) is 24.5 Å². The van der Waals surface area contributed by atoms with Crippen molar-refractivity contribution in [2.75, 3.05) is 11.9 Å². The lowest BCUT2D eigenvalue weighted by molar-refractivity contribution is -0.118. The van der Waals surface area contributed by atoms with Crippen LogP contribution >= 0.6 is 0 Å². The van der Waals surface area contributed by atoms with Crippen LogP contribution < -0.4 is 10.9 Å². The van der Waals surface area contributed by atoms with Gasteiger partial charge in [-0.2, -0.15) is 0 Å². The smallest absolute Gasteiger partial charge is 0.278 e. The first-order chi connectivity index (χ1) is 13.0. The number of aryl methyl sites for hydroxylation is 1. The highest BCUT2D eigenvalue weighted by Crippen LogP contribution is 2.12. The van der Waals surface area contributed by atoms with Gasteiger partial charge in [-0.1, -0.05) is 27.7 Å². The van der Waals surface area contributed by atoms with Crippen LogP contribution in [0.4, 0.5) is 11.6 Å². The van der Waals surface area contributed by atoms with Crippen LogP contribution in [0.3, 0.4) is 0 Å². The molecule has 0 saturated heterocycles. The number of carbonyl (C=O) groups excluding carboxylic acids is 1. The number of hydrogen-bond acceptors (Lipinski definition) is 6. The maximum Gasteiger partial charge on any atom is 0.278 e. The lowest BCUT2D eigenvalue weighted by Crippen LogP contribution is -2.22. The van der Waals surface area contributed by atoms with Crippen molar-refractivity contribution in [3.05, 3.63) is 16.0 Å². The second-order valence-corrected chi connectivity index (χ2v) is 7.33. The summed E-state index contributed by atoms with van der Waals surface area (Å²) >= 11 is 0. The minimum atomic E-state index is -0.351. The summed E-state index contributed by atoms with van der Waals surface area (Å²) in [5.41, 5.74) is 0.427. The Morgan fingerprint density at radius 1 is 1.29 bits per heavy atom. The van der Waals surface area contributed by atoms with Crippen molar-refractivity contribution in [1.82, 2.24) is 9.97 Å². The molecular weight excluding hydrogens is 360 g/mol. The number of ether oxygens (including phenoxy) is 1. The summed E-state index contributed by atoms with van der Waals surface area (Å²) in [6, 6.07) is 0. The summed E-state index contributed by atoms with van der Waals surface area (Å²) in [5.74, 6) is 0.0925. The molecule has 0 fully saturated rings. The molecule has 0 aliphatic carbocycles. The number of H-pyrrole nitrogens is 1. The Kier molecular flexibility index (Phi) is 12.2. The van der Waals surface area contributed by atoms with Crippen molar-refractivity contribution < 1.29 is 14.6 Å². The van der Waals surface area contributed by atoms with E-state index >= 15 is 0 Å². The van der Waals surface area contributed by atoms with Crippen LogP contribution in [-0.4, -0.2) is 46.0 Å². The largest absolute Gasteiger partial charge is 0.394 e. The molecule has 8 heteroatoms.